The number of hydrogen-bond donors (Lipinski definition) is 1. The van der Waals surface area contributed by atoms with E-state index in [0.717, 1.165) is 45.1 Å². The Morgan fingerprint density at radius 1 is 1.12 bits per heavy atom. The van der Waals surface area contributed by atoms with Gasteiger partial charge in [-0.3, -0.25) is 0 Å². The molecule has 17 heavy (non-hydrogen) atoms. The first-order valence-electron chi connectivity index (χ1n) is 6.29. The van der Waals surface area contributed by atoms with E-state index in [-0.39, 0.29) is 0 Å². The van der Waals surface area contributed by atoms with Gasteiger partial charge < -0.3 is 19.9 Å². The van der Waals surface area contributed by atoms with E-state index in [1.165, 1.54) is 11.4 Å². The van der Waals surface area contributed by atoms with Crippen LogP contribution < -0.4 is 19.9 Å². The van der Waals surface area contributed by atoms with Crippen molar-refractivity contribution >= 4 is 11.4 Å². The number of nitrogens with one attached hydrogen (secondary N) is 1. The third-order valence-corrected chi connectivity index (χ3v) is 3.52. The zero-order chi connectivity index (χ0) is 11.7. The monoisotopic (exact) mass is 233 g/mol. The first-order chi connectivity index (χ1) is 8.36. The van der Waals surface area contributed by atoms with E-state index >= 15 is 0 Å². The van der Waals surface area contributed by atoms with Crippen LogP contribution >= 0.6 is 0 Å². The largest absolute Gasteiger partial charge is 0.487 e. The number of piperazine rings is 1. The molecule has 0 spiro atoms. The van der Waals surface area contributed by atoms with Gasteiger partial charge in [0.2, 0.25) is 0 Å². The van der Waals surface area contributed by atoms with Crippen molar-refractivity contribution in [1.82, 2.24) is 5.32 Å². The Hall–Kier alpha value is -1.42. The smallest absolute Gasteiger partial charge is 0.165 e. The van der Waals surface area contributed by atoms with Crippen molar-refractivity contribution in [3.63, 3.8) is 0 Å². The fourth-order valence-electron chi connectivity index (χ4n) is 2.52. The van der Waals surface area contributed by atoms with Gasteiger partial charge in [-0.15, -0.1) is 0 Å². The number of ether oxygens (including phenoxy) is 1. The summed E-state index contributed by atoms with van der Waals surface area (Å²) < 4.78 is 5.87. The SMILES string of the molecule is CN1CCOc2c1cccc2N1CCNCC1. The number of likely N-dealkylation sites (N-methyl/N-ethyl adjacent to an activating group) is 1. The van der Waals surface area contributed by atoms with Crippen molar-refractivity contribution in [3.05, 3.63) is 18.2 Å². The van der Waals surface area contributed by atoms with E-state index in [1.807, 2.05) is 0 Å². The highest BCUT2D eigenvalue weighted by atomic mass is 16.5. The Kier molecular flexibility index (Phi) is 2.81. The van der Waals surface area contributed by atoms with Crippen molar-refractivity contribution in [3.8, 4) is 5.75 Å². The number of benzene rings is 1. The summed E-state index contributed by atoms with van der Waals surface area (Å²) in [6.45, 7) is 5.98. The quantitative estimate of drug-likeness (QED) is 0.781. The Labute approximate surface area is 102 Å². The van der Waals surface area contributed by atoms with Gasteiger partial charge in [0.05, 0.1) is 17.9 Å². The summed E-state index contributed by atoms with van der Waals surface area (Å²) in [5.74, 6) is 1.06. The molecule has 2 aliphatic rings. The van der Waals surface area contributed by atoms with E-state index in [1.54, 1.807) is 0 Å². The average Bonchev–Trinajstić information content (AvgIpc) is 2.40. The molecule has 92 valence electrons. The number of hydrogen-bond acceptors (Lipinski definition) is 4. The minimum absolute atomic E-state index is 0.784. The predicted molar refractivity (Wildman–Crippen MR) is 70.3 cm³/mol. The Morgan fingerprint density at radius 2 is 1.88 bits per heavy atom. The minimum atomic E-state index is 0.784. The summed E-state index contributed by atoms with van der Waals surface area (Å²) in [7, 11) is 2.13. The molecule has 1 N–H and O–H groups in total. The molecule has 0 aromatic heterocycles. The summed E-state index contributed by atoms with van der Waals surface area (Å²) in [4.78, 5) is 4.68. The number of fused-ring (bicyclic) bond motifs is 1. The molecule has 2 aliphatic heterocycles. The summed E-state index contributed by atoms with van der Waals surface area (Å²) in [5, 5.41) is 3.38. The molecule has 0 bridgehead atoms. The third-order valence-electron chi connectivity index (χ3n) is 3.52. The molecule has 0 amide bonds. The van der Waals surface area contributed by atoms with Crippen molar-refractivity contribution in [2.24, 2.45) is 0 Å². The molecule has 1 saturated heterocycles. The normalized spacial score (nSPS) is 19.8. The maximum absolute atomic E-state index is 5.87. The van der Waals surface area contributed by atoms with Gasteiger partial charge in [0, 0.05) is 33.2 Å². The van der Waals surface area contributed by atoms with E-state index in [0.29, 0.717) is 0 Å². The second-order valence-electron chi connectivity index (χ2n) is 4.63. The molecule has 4 nitrogen and oxygen atoms in total. The molecule has 1 aromatic carbocycles. The van der Waals surface area contributed by atoms with Gasteiger partial charge in [-0.05, 0) is 12.1 Å². The topological polar surface area (TPSA) is 27.7 Å². The van der Waals surface area contributed by atoms with Crippen LogP contribution in [0.1, 0.15) is 0 Å². The number of anilines is 2. The van der Waals surface area contributed by atoms with Gasteiger partial charge in [-0.1, -0.05) is 6.07 Å². The Morgan fingerprint density at radius 3 is 2.71 bits per heavy atom. The van der Waals surface area contributed by atoms with Crippen molar-refractivity contribution < 1.29 is 4.74 Å². The van der Waals surface area contributed by atoms with Crippen LogP contribution in [0.25, 0.3) is 0 Å². The molecule has 2 heterocycles. The third kappa shape index (κ3) is 1.93. The summed E-state index contributed by atoms with van der Waals surface area (Å²) in [6, 6.07) is 6.44. The van der Waals surface area contributed by atoms with Gasteiger partial charge >= 0.3 is 0 Å². The zero-order valence-corrected chi connectivity index (χ0v) is 10.3. The summed E-state index contributed by atoms with van der Waals surface area (Å²) in [6.07, 6.45) is 0. The van der Waals surface area contributed by atoms with E-state index in [4.69, 9.17) is 4.74 Å². The second kappa shape index (κ2) is 4.45. The van der Waals surface area contributed by atoms with Gasteiger partial charge in [-0.2, -0.15) is 0 Å². The molecule has 0 atom stereocenters. The molecule has 4 heteroatoms. The van der Waals surface area contributed by atoms with Crippen LogP contribution in [0.5, 0.6) is 5.75 Å². The molecule has 0 saturated carbocycles. The molecule has 1 fully saturated rings. The maximum Gasteiger partial charge on any atom is 0.165 e. The van der Waals surface area contributed by atoms with Crippen LogP contribution in [0.15, 0.2) is 18.2 Å². The zero-order valence-electron chi connectivity index (χ0n) is 10.3. The molecular weight excluding hydrogens is 214 g/mol. The first-order valence-corrected chi connectivity index (χ1v) is 6.29. The fraction of sp³-hybridized carbons (Fsp3) is 0.538. The van der Waals surface area contributed by atoms with E-state index < -0.39 is 0 Å². The average molecular weight is 233 g/mol. The highest BCUT2D eigenvalue weighted by Gasteiger charge is 2.22. The number of rotatable bonds is 1. The lowest BCUT2D eigenvalue weighted by atomic mass is 10.2. The number of para-hydroxylation sites is 1. The van der Waals surface area contributed by atoms with Crippen LogP contribution in [-0.4, -0.2) is 46.4 Å². The lowest BCUT2D eigenvalue weighted by Crippen LogP contribution is -2.44. The van der Waals surface area contributed by atoms with Crippen molar-refractivity contribution in [2.45, 2.75) is 0 Å². The second-order valence-corrected chi connectivity index (χ2v) is 4.63. The highest BCUT2D eigenvalue weighted by Crippen LogP contribution is 2.39. The number of nitrogens with zero attached hydrogens (tertiary/aromatic N) is 2. The van der Waals surface area contributed by atoms with Crippen LogP contribution in [0.4, 0.5) is 11.4 Å². The Bertz CT molecular complexity index is 402. The van der Waals surface area contributed by atoms with Gasteiger partial charge in [0.15, 0.2) is 5.75 Å². The van der Waals surface area contributed by atoms with Crippen molar-refractivity contribution in [1.29, 1.82) is 0 Å². The molecule has 3 rings (SSSR count). The lowest BCUT2D eigenvalue weighted by Gasteiger charge is -2.35. The van der Waals surface area contributed by atoms with E-state index in [9.17, 15) is 0 Å². The van der Waals surface area contributed by atoms with Gasteiger partial charge in [0.1, 0.15) is 6.61 Å². The van der Waals surface area contributed by atoms with Gasteiger partial charge in [-0.25, -0.2) is 0 Å². The highest BCUT2D eigenvalue weighted by molar-refractivity contribution is 5.73. The summed E-state index contributed by atoms with van der Waals surface area (Å²) >= 11 is 0. The van der Waals surface area contributed by atoms with E-state index in [2.05, 4.69) is 40.4 Å². The van der Waals surface area contributed by atoms with Crippen LogP contribution in [0, 0.1) is 0 Å². The van der Waals surface area contributed by atoms with Crippen molar-refractivity contribution in [2.75, 3.05) is 56.2 Å². The molecule has 0 unspecified atom stereocenters. The molecular formula is C13H19N3O. The van der Waals surface area contributed by atoms with Crippen LogP contribution in [-0.2, 0) is 0 Å². The van der Waals surface area contributed by atoms with Crippen LogP contribution in [0.2, 0.25) is 0 Å². The molecule has 0 radical (unpaired) electrons. The standard InChI is InChI=1S/C13H19N3O/c1-15-9-10-17-13-11(15)3-2-4-12(13)16-7-5-14-6-8-16/h2-4,14H,5-10H2,1H3. The summed E-state index contributed by atoms with van der Waals surface area (Å²) in [5.41, 5.74) is 2.46. The maximum atomic E-state index is 5.87. The Balaban J connectivity index is 1.96. The minimum Gasteiger partial charge on any atom is -0.487 e. The predicted octanol–water partition coefficient (Wildman–Crippen LogP) is 0.925. The first kappa shape index (κ1) is 10.7. The fourth-order valence-corrected chi connectivity index (χ4v) is 2.52. The molecule has 0 aliphatic carbocycles. The molecule has 1 aromatic rings. The van der Waals surface area contributed by atoms with Crippen LogP contribution in [0.3, 0.4) is 0 Å². The lowest BCUT2D eigenvalue weighted by molar-refractivity contribution is 0.311. The van der Waals surface area contributed by atoms with Gasteiger partial charge in [0.25, 0.3) is 0 Å².